The molecule has 1 aromatic carbocycles. The van der Waals surface area contributed by atoms with Gasteiger partial charge in [0.15, 0.2) is 0 Å². The van der Waals surface area contributed by atoms with Crippen LogP contribution in [0.25, 0.3) is 10.9 Å². The van der Waals surface area contributed by atoms with Crippen molar-refractivity contribution in [1.29, 1.82) is 0 Å². The summed E-state index contributed by atoms with van der Waals surface area (Å²) in [4.78, 5) is 4.62. The van der Waals surface area contributed by atoms with Gasteiger partial charge in [0.25, 0.3) is 0 Å². The first-order valence-corrected chi connectivity index (χ1v) is 6.52. The predicted octanol–water partition coefficient (Wildman–Crippen LogP) is 3.69. The Morgan fingerprint density at radius 1 is 1.32 bits per heavy atom. The van der Waals surface area contributed by atoms with Crippen molar-refractivity contribution < 1.29 is 9.13 Å². The van der Waals surface area contributed by atoms with Crippen LogP contribution in [0.1, 0.15) is 25.1 Å². The summed E-state index contributed by atoms with van der Waals surface area (Å²) in [7, 11) is 1.54. The molecule has 0 saturated carbocycles. The fourth-order valence-electron chi connectivity index (χ4n) is 2.35. The van der Waals surface area contributed by atoms with Crippen molar-refractivity contribution in [1.82, 2.24) is 4.98 Å². The molecule has 0 aliphatic heterocycles. The number of hydrogen-bond acceptors (Lipinski definition) is 3. The Balaban J connectivity index is 2.86. The van der Waals surface area contributed by atoms with Crippen molar-refractivity contribution >= 4 is 16.6 Å². The molecule has 0 atom stereocenters. The molecule has 0 amide bonds. The van der Waals surface area contributed by atoms with Gasteiger partial charge in [0.1, 0.15) is 17.1 Å². The number of nitrogens with zero attached hydrogens (tertiary/aromatic N) is 1. The van der Waals surface area contributed by atoms with Crippen LogP contribution in [0.4, 0.5) is 10.1 Å². The molecule has 102 valence electrons. The molecule has 2 rings (SSSR count). The molecule has 1 heterocycles. The van der Waals surface area contributed by atoms with Gasteiger partial charge in [0.05, 0.1) is 7.11 Å². The number of halogens is 1. The summed E-state index contributed by atoms with van der Waals surface area (Å²) >= 11 is 0. The Morgan fingerprint density at radius 2 is 2.05 bits per heavy atom. The minimum Gasteiger partial charge on any atom is -0.494 e. The molecule has 0 saturated heterocycles. The number of ether oxygens (including phenoxy) is 1. The number of fused-ring (bicyclic) bond motifs is 1. The summed E-state index contributed by atoms with van der Waals surface area (Å²) in [5, 5.41) is 4.08. The zero-order valence-corrected chi connectivity index (χ0v) is 11.8. The molecular weight excluding hydrogens is 243 g/mol. The van der Waals surface area contributed by atoms with Crippen LogP contribution in [0.5, 0.6) is 5.75 Å². The van der Waals surface area contributed by atoms with Crippen LogP contribution in [-0.2, 0) is 6.42 Å². The maximum Gasteiger partial charge on any atom is 0.148 e. The molecule has 0 radical (unpaired) electrons. The summed E-state index contributed by atoms with van der Waals surface area (Å²) < 4.78 is 18.9. The number of benzene rings is 1. The van der Waals surface area contributed by atoms with E-state index in [2.05, 4.69) is 17.2 Å². The van der Waals surface area contributed by atoms with Crippen LogP contribution in [0.3, 0.4) is 0 Å². The van der Waals surface area contributed by atoms with Crippen LogP contribution >= 0.6 is 0 Å². The summed E-state index contributed by atoms with van der Waals surface area (Å²) in [6.45, 7) is 6.88. The Kier molecular flexibility index (Phi) is 3.88. The summed E-state index contributed by atoms with van der Waals surface area (Å²) in [6, 6.07) is 2.88. The first-order valence-electron chi connectivity index (χ1n) is 6.52. The van der Waals surface area contributed by atoms with Crippen molar-refractivity contribution in [2.75, 3.05) is 19.0 Å². The van der Waals surface area contributed by atoms with E-state index in [0.29, 0.717) is 11.3 Å². The minimum atomic E-state index is -0.311. The van der Waals surface area contributed by atoms with E-state index in [1.54, 1.807) is 0 Å². The number of rotatable bonds is 4. The van der Waals surface area contributed by atoms with Crippen LogP contribution in [0, 0.1) is 12.7 Å². The maximum absolute atomic E-state index is 13.7. The molecule has 0 aliphatic rings. The smallest absolute Gasteiger partial charge is 0.148 e. The molecule has 3 nitrogen and oxygen atoms in total. The average molecular weight is 262 g/mol. The van der Waals surface area contributed by atoms with Crippen LogP contribution in [0.15, 0.2) is 12.1 Å². The van der Waals surface area contributed by atoms with Gasteiger partial charge in [-0.2, -0.15) is 0 Å². The first kappa shape index (κ1) is 13.6. The van der Waals surface area contributed by atoms with Gasteiger partial charge in [-0.3, -0.25) is 0 Å². The Hall–Kier alpha value is -1.84. The fraction of sp³-hybridized carbons (Fsp3) is 0.400. The fourth-order valence-corrected chi connectivity index (χ4v) is 2.35. The first-order chi connectivity index (χ1) is 9.12. The van der Waals surface area contributed by atoms with E-state index in [9.17, 15) is 4.39 Å². The van der Waals surface area contributed by atoms with Crippen LogP contribution in [0.2, 0.25) is 0 Å². The van der Waals surface area contributed by atoms with E-state index in [-0.39, 0.29) is 5.82 Å². The highest BCUT2D eigenvalue weighted by Crippen LogP contribution is 2.34. The Morgan fingerprint density at radius 3 is 2.63 bits per heavy atom. The normalized spacial score (nSPS) is 10.8. The highest BCUT2D eigenvalue weighted by molar-refractivity contribution is 5.96. The minimum absolute atomic E-state index is 0.311. The van der Waals surface area contributed by atoms with Crippen LogP contribution < -0.4 is 10.1 Å². The molecule has 0 spiro atoms. The number of pyridine rings is 1. The summed E-state index contributed by atoms with van der Waals surface area (Å²) in [5.41, 5.74) is 3.74. The van der Waals surface area contributed by atoms with Crippen molar-refractivity contribution in [2.24, 2.45) is 0 Å². The quantitative estimate of drug-likeness (QED) is 0.912. The standard InChI is InChI=1S/C15H19FN2O/c1-5-12-9(3)14(17-6-2)11-7-10(16)8-13(19-4)15(11)18-12/h7-8H,5-6H2,1-4H3,(H,17,18). The molecule has 1 N–H and O–H groups in total. The molecular formula is C15H19FN2O. The number of nitrogens with one attached hydrogen (secondary N) is 1. The molecule has 19 heavy (non-hydrogen) atoms. The molecule has 0 aliphatic carbocycles. The van der Waals surface area contributed by atoms with Crippen molar-refractivity contribution in [3.63, 3.8) is 0 Å². The van der Waals surface area contributed by atoms with Gasteiger partial charge in [-0.15, -0.1) is 0 Å². The van der Waals surface area contributed by atoms with E-state index in [1.807, 2.05) is 13.8 Å². The lowest BCUT2D eigenvalue weighted by molar-refractivity contribution is 0.415. The third-order valence-corrected chi connectivity index (χ3v) is 3.27. The molecule has 0 fully saturated rings. The van der Waals surface area contributed by atoms with Gasteiger partial charge in [0.2, 0.25) is 0 Å². The zero-order valence-electron chi connectivity index (χ0n) is 11.8. The van der Waals surface area contributed by atoms with E-state index >= 15 is 0 Å². The van der Waals surface area contributed by atoms with Gasteiger partial charge in [0, 0.05) is 29.4 Å². The van der Waals surface area contributed by atoms with E-state index < -0.39 is 0 Å². The van der Waals surface area contributed by atoms with E-state index in [0.717, 1.165) is 35.3 Å². The average Bonchev–Trinajstić information content (AvgIpc) is 2.41. The number of methoxy groups -OCH3 is 1. The lowest BCUT2D eigenvalue weighted by Crippen LogP contribution is -2.05. The highest BCUT2D eigenvalue weighted by Gasteiger charge is 2.15. The monoisotopic (exact) mass is 262 g/mol. The Bertz CT molecular complexity index is 611. The maximum atomic E-state index is 13.7. The van der Waals surface area contributed by atoms with Gasteiger partial charge in [-0.1, -0.05) is 6.92 Å². The molecule has 2 aromatic rings. The third kappa shape index (κ3) is 2.35. The number of aromatic nitrogens is 1. The lowest BCUT2D eigenvalue weighted by atomic mass is 10.0. The largest absolute Gasteiger partial charge is 0.494 e. The van der Waals surface area contributed by atoms with Crippen molar-refractivity contribution in [2.45, 2.75) is 27.2 Å². The van der Waals surface area contributed by atoms with Crippen molar-refractivity contribution in [3.8, 4) is 5.75 Å². The molecule has 0 unspecified atom stereocenters. The highest BCUT2D eigenvalue weighted by atomic mass is 19.1. The summed E-state index contributed by atoms with van der Waals surface area (Å²) in [5.74, 6) is 0.165. The number of hydrogen-bond donors (Lipinski definition) is 1. The predicted molar refractivity (Wildman–Crippen MR) is 76.5 cm³/mol. The SMILES string of the molecule is CCNc1c(C)c(CC)nc2c(OC)cc(F)cc12. The number of aryl methyl sites for hydroxylation is 1. The van der Waals surface area contributed by atoms with Gasteiger partial charge in [-0.25, -0.2) is 9.37 Å². The van der Waals surface area contributed by atoms with Crippen LogP contribution in [-0.4, -0.2) is 18.6 Å². The third-order valence-electron chi connectivity index (χ3n) is 3.27. The second-order valence-corrected chi connectivity index (χ2v) is 4.45. The van der Waals surface area contributed by atoms with E-state index in [4.69, 9.17) is 4.74 Å². The van der Waals surface area contributed by atoms with Gasteiger partial charge in [-0.05, 0) is 31.9 Å². The topological polar surface area (TPSA) is 34.2 Å². The molecule has 1 aromatic heterocycles. The molecule has 4 heteroatoms. The van der Waals surface area contributed by atoms with Gasteiger partial charge >= 0.3 is 0 Å². The van der Waals surface area contributed by atoms with Crippen molar-refractivity contribution in [3.05, 3.63) is 29.2 Å². The van der Waals surface area contributed by atoms with Gasteiger partial charge < -0.3 is 10.1 Å². The molecule has 0 bridgehead atoms. The summed E-state index contributed by atoms with van der Waals surface area (Å²) in [6.07, 6.45) is 0.834. The second-order valence-electron chi connectivity index (χ2n) is 4.45. The second kappa shape index (κ2) is 5.43. The van der Waals surface area contributed by atoms with E-state index in [1.165, 1.54) is 19.2 Å². The number of anilines is 1. The zero-order chi connectivity index (χ0) is 14.0. The lowest BCUT2D eigenvalue weighted by Gasteiger charge is -2.16. The Labute approximate surface area is 112 Å².